The van der Waals surface area contributed by atoms with Gasteiger partial charge in [-0.25, -0.2) is 0 Å². The van der Waals surface area contributed by atoms with Crippen LogP contribution in [-0.2, 0) is 5.75 Å². The molecule has 20 heavy (non-hydrogen) atoms. The van der Waals surface area contributed by atoms with Crippen molar-refractivity contribution in [2.45, 2.75) is 31.4 Å². The predicted octanol–water partition coefficient (Wildman–Crippen LogP) is 5.13. The van der Waals surface area contributed by atoms with Gasteiger partial charge in [0.25, 0.3) is 0 Å². The van der Waals surface area contributed by atoms with Crippen LogP contribution in [0, 0.1) is 12.8 Å². The molecule has 0 saturated heterocycles. The maximum Gasteiger partial charge on any atom is 0.165 e. The van der Waals surface area contributed by atoms with Gasteiger partial charge in [-0.05, 0) is 30.2 Å². The summed E-state index contributed by atoms with van der Waals surface area (Å²) in [5.41, 5.74) is 3.49. The summed E-state index contributed by atoms with van der Waals surface area (Å²) in [6, 6.07) is 16.4. The first-order valence-corrected chi connectivity index (χ1v) is 7.88. The lowest BCUT2D eigenvalue weighted by Crippen LogP contribution is -2.06. The summed E-state index contributed by atoms with van der Waals surface area (Å²) in [6.45, 7) is 6.01. The average molecular weight is 284 g/mol. The van der Waals surface area contributed by atoms with Crippen molar-refractivity contribution in [2.24, 2.45) is 5.92 Å². The molecular formula is C18H20OS. The fourth-order valence-electron chi connectivity index (χ4n) is 1.98. The van der Waals surface area contributed by atoms with Crippen LogP contribution in [0.25, 0.3) is 0 Å². The molecule has 104 valence electrons. The Hall–Kier alpha value is -1.54. The van der Waals surface area contributed by atoms with Crippen LogP contribution in [0.3, 0.4) is 0 Å². The van der Waals surface area contributed by atoms with Gasteiger partial charge in [-0.3, -0.25) is 4.79 Å². The van der Waals surface area contributed by atoms with Gasteiger partial charge < -0.3 is 0 Å². The second-order valence-corrected chi connectivity index (χ2v) is 6.31. The summed E-state index contributed by atoms with van der Waals surface area (Å²) >= 11 is 1.81. The minimum atomic E-state index is 0.0560. The molecule has 0 aliphatic carbocycles. The number of benzene rings is 2. The van der Waals surface area contributed by atoms with Crippen LogP contribution >= 0.6 is 11.8 Å². The van der Waals surface area contributed by atoms with Crippen LogP contribution in [0.1, 0.15) is 35.3 Å². The van der Waals surface area contributed by atoms with Gasteiger partial charge in [0.15, 0.2) is 5.78 Å². The van der Waals surface area contributed by atoms with Crippen LogP contribution in [0.2, 0.25) is 0 Å². The highest BCUT2D eigenvalue weighted by Gasteiger charge is 2.09. The minimum Gasteiger partial charge on any atom is -0.294 e. The molecule has 2 heteroatoms. The monoisotopic (exact) mass is 284 g/mol. The fraction of sp³-hybridized carbons (Fsp3) is 0.278. The van der Waals surface area contributed by atoms with Gasteiger partial charge in [0, 0.05) is 22.1 Å². The van der Waals surface area contributed by atoms with Crippen molar-refractivity contribution in [3.8, 4) is 0 Å². The van der Waals surface area contributed by atoms with Gasteiger partial charge >= 0.3 is 0 Å². The number of rotatable bonds is 5. The molecule has 1 nitrogen and oxygen atoms in total. The molecule has 2 rings (SSSR count). The molecule has 2 aromatic carbocycles. The van der Waals surface area contributed by atoms with Crippen LogP contribution in [-0.4, -0.2) is 5.78 Å². The third-order valence-electron chi connectivity index (χ3n) is 3.32. The van der Waals surface area contributed by atoms with E-state index in [9.17, 15) is 4.79 Å². The van der Waals surface area contributed by atoms with Crippen molar-refractivity contribution in [3.63, 3.8) is 0 Å². The summed E-state index contributed by atoms with van der Waals surface area (Å²) in [6.07, 6.45) is 0. The van der Waals surface area contributed by atoms with E-state index in [-0.39, 0.29) is 11.7 Å². The summed E-state index contributed by atoms with van der Waals surface area (Å²) in [4.78, 5) is 13.1. The van der Waals surface area contributed by atoms with Crippen LogP contribution < -0.4 is 0 Å². The zero-order valence-electron chi connectivity index (χ0n) is 12.2. The van der Waals surface area contributed by atoms with E-state index in [2.05, 4.69) is 31.2 Å². The first-order chi connectivity index (χ1) is 9.58. The normalized spacial score (nSPS) is 10.8. The second kappa shape index (κ2) is 6.76. The Labute approximate surface area is 125 Å². The van der Waals surface area contributed by atoms with Crippen LogP contribution in [0.15, 0.2) is 53.4 Å². The molecule has 0 aliphatic rings. The number of ketones is 1. The van der Waals surface area contributed by atoms with Gasteiger partial charge in [0.1, 0.15) is 0 Å². The molecule has 0 aromatic heterocycles. The van der Waals surface area contributed by atoms with Crippen molar-refractivity contribution < 1.29 is 4.79 Å². The zero-order valence-corrected chi connectivity index (χ0v) is 13.0. The smallest absolute Gasteiger partial charge is 0.165 e. The molecule has 0 unspecified atom stereocenters. The lowest BCUT2D eigenvalue weighted by atomic mass is 10.0. The highest BCUT2D eigenvalue weighted by atomic mass is 32.2. The lowest BCUT2D eigenvalue weighted by Gasteiger charge is -2.07. The Bertz CT molecular complexity index is 585. The average Bonchev–Trinajstić information content (AvgIpc) is 2.46. The van der Waals surface area contributed by atoms with Crippen LogP contribution in [0.5, 0.6) is 0 Å². The Balaban J connectivity index is 2.01. The van der Waals surface area contributed by atoms with E-state index in [4.69, 9.17) is 0 Å². The van der Waals surface area contributed by atoms with E-state index in [1.807, 2.05) is 38.1 Å². The fourth-order valence-corrected chi connectivity index (χ4v) is 2.96. The topological polar surface area (TPSA) is 17.1 Å². The molecule has 0 atom stereocenters. The number of carbonyl (C=O) groups excluding carboxylic acids is 1. The maximum atomic E-state index is 11.9. The van der Waals surface area contributed by atoms with Gasteiger partial charge in [-0.1, -0.05) is 50.2 Å². The van der Waals surface area contributed by atoms with E-state index < -0.39 is 0 Å². The maximum absolute atomic E-state index is 11.9. The van der Waals surface area contributed by atoms with Crippen LogP contribution in [0.4, 0.5) is 0 Å². The number of carbonyl (C=O) groups is 1. The molecule has 0 bridgehead atoms. The molecule has 0 heterocycles. The zero-order chi connectivity index (χ0) is 14.5. The van der Waals surface area contributed by atoms with Crippen molar-refractivity contribution in [1.29, 1.82) is 0 Å². The first-order valence-electron chi connectivity index (χ1n) is 6.89. The van der Waals surface area contributed by atoms with Crippen molar-refractivity contribution in [1.82, 2.24) is 0 Å². The number of aryl methyl sites for hydroxylation is 1. The number of hydrogen-bond acceptors (Lipinski definition) is 2. The summed E-state index contributed by atoms with van der Waals surface area (Å²) in [5, 5.41) is 0. The quantitative estimate of drug-likeness (QED) is 0.559. The molecule has 0 radical (unpaired) electrons. The largest absolute Gasteiger partial charge is 0.294 e. The van der Waals surface area contributed by atoms with Gasteiger partial charge in [-0.15, -0.1) is 11.8 Å². The molecule has 0 aliphatic heterocycles. The predicted molar refractivity (Wildman–Crippen MR) is 86.4 cm³/mol. The number of thioether (sulfide) groups is 1. The highest BCUT2D eigenvalue weighted by Crippen LogP contribution is 2.25. The molecule has 0 saturated carbocycles. The van der Waals surface area contributed by atoms with E-state index in [1.54, 1.807) is 11.8 Å². The molecule has 0 spiro atoms. The number of Topliss-reactive ketones (excluding diaryl/α,β-unsaturated/α-hetero) is 1. The molecule has 2 aromatic rings. The third-order valence-corrected chi connectivity index (χ3v) is 4.38. The molecule has 0 N–H and O–H groups in total. The molecular weight excluding hydrogens is 264 g/mol. The summed E-state index contributed by atoms with van der Waals surface area (Å²) in [7, 11) is 0. The summed E-state index contributed by atoms with van der Waals surface area (Å²) in [5.74, 6) is 1.23. The number of hydrogen-bond donors (Lipinski definition) is 0. The van der Waals surface area contributed by atoms with E-state index in [0.29, 0.717) is 0 Å². The molecule has 0 fully saturated rings. The van der Waals surface area contributed by atoms with Crippen molar-refractivity contribution in [3.05, 3.63) is 65.2 Å². The van der Waals surface area contributed by atoms with Gasteiger partial charge in [0.2, 0.25) is 0 Å². The van der Waals surface area contributed by atoms with Gasteiger partial charge in [-0.2, -0.15) is 0 Å². The highest BCUT2D eigenvalue weighted by molar-refractivity contribution is 7.98. The first kappa shape index (κ1) is 14.9. The Morgan fingerprint density at radius 2 is 1.70 bits per heavy atom. The summed E-state index contributed by atoms with van der Waals surface area (Å²) < 4.78 is 0. The standard InChI is InChI=1S/C18H20OS/c1-13(2)18(19)15-8-10-17(11-9-15)20-12-16-7-5-4-6-14(16)3/h4-11,13H,12H2,1-3H3. The Kier molecular flexibility index (Phi) is 5.02. The van der Waals surface area contributed by atoms with Gasteiger partial charge in [0.05, 0.1) is 0 Å². The second-order valence-electron chi connectivity index (χ2n) is 5.26. The van der Waals surface area contributed by atoms with E-state index >= 15 is 0 Å². The Morgan fingerprint density at radius 1 is 1.05 bits per heavy atom. The van der Waals surface area contributed by atoms with Crippen molar-refractivity contribution in [2.75, 3.05) is 0 Å². The van der Waals surface area contributed by atoms with Crippen molar-refractivity contribution >= 4 is 17.5 Å². The minimum absolute atomic E-state index is 0.0560. The van der Waals surface area contributed by atoms with E-state index in [1.165, 1.54) is 16.0 Å². The molecule has 0 amide bonds. The SMILES string of the molecule is Cc1ccccc1CSc1ccc(C(=O)C(C)C)cc1. The Morgan fingerprint density at radius 3 is 2.30 bits per heavy atom. The van der Waals surface area contributed by atoms with E-state index in [0.717, 1.165) is 11.3 Å². The lowest BCUT2D eigenvalue weighted by molar-refractivity contribution is 0.0939. The third kappa shape index (κ3) is 3.73.